The van der Waals surface area contributed by atoms with Crippen LogP contribution in [-0.2, 0) is 9.84 Å². The number of carbonyl (C=O) groups excluding carboxylic acids is 1. The van der Waals surface area contributed by atoms with Gasteiger partial charge in [-0.1, -0.05) is 0 Å². The normalized spacial score (nSPS) is 11.2. The summed E-state index contributed by atoms with van der Waals surface area (Å²) in [5.74, 6) is -0.116. The van der Waals surface area contributed by atoms with Gasteiger partial charge in [0.05, 0.1) is 5.75 Å². The molecule has 1 aromatic rings. The van der Waals surface area contributed by atoms with Crippen molar-refractivity contribution < 1.29 is 13.2 Å². The second kappa shape index (κ2) is 6.07. The molecule has 0 bridgehead atoms. The second-order valence-corrected chi connectivity index (χ2v) is 6.56. The zero-order chi connectivity index (χ0) is 12.9. The molecule has 0 aliphatic heterocycles. The van der Waals surface area contributed by atoms with Gasteiger partial charge in [0.1, 0.15) is 9.84 Å². The third-order valence-corrected chi connectivity index (χ3v) is 3.44. The molecule has 0 aliphatic carbocycles. The van der Waals surface area contributed by atoms with Gasteiger partial charge >= 0.3 is 0 Å². The van der Waals surface area contributed by atoms with Crippen molar-refractivity contribution >= 4 is 28.4 Å². The molecule has 0 heterocycles. The van der Waals surface area contributed by atoms with Crippen molar-refractivity contribution in [1.82, 2.24) is 5.32 Å². The quantitative estimate of drug-likeness (QED) is 0.624. The molecule has 4 nitrogen and oxygen atoms in total. The summed E-state index contributed by atoms with van der Waals surface area (Å²) in [6.45, 7) is 0.356. The van der Waals surface area contributed by atoms with Crippen LogP contribution in [0.15, 0.2) is 29.2 Å². The SMILES string of the molecule is CS(=O)(=O)CCCNC(=O)c1ccc(S)cc1. The number of amides is 1. The van der Waals surface area contributed by atoms with Crippen LogP contribution in [0.2, 0.25) is 0 Å². The Labute approximate surface area is 107 Å². The average Bonchev–Trinajstić information content (AvgIpc) is 2.24. The van der Waals surface area contributed by atoms with Gasteiger partial charge in [-0.3, -0.25) is 4.79 Å². The number of benzene rings is 1. The van der Waals surface area contributed by atoms with Crippen LogP contribution in [0.25, 0.3) is 0 Å². The number of hydrogen-bond acceptors (Lipinski definition) is 4. The summed E-state index contributed by atoms with van der Waals surface area (Å²) in [5, 5.41) is 2.66. The standard InChI is InChI=1S/C11H15NO3S2/c1-17(14,15)8-2-7-12-11(13)9-3-5-10(16)6-4-9/h3-6,16H,2,7-8H2,1H3,(H,12,13). The Balaban J connectivity index is 2.38. The van der Waals surface area contributed by atoms with Crippen molar-refractivity contribution in [3.63, 3.8) is 0 Å². The molecule has 1 amide bonds. The van der Waals surface area contributed by atoms with Crippen LogP contribution in [0.1, 0.15) is 16.8 Å². The van der Waals surface area contributed by atoms with E-state index in [-0.39, 0.29) is 11.7 Å². The van der Waals surface area contributed by atoms with Gasteiger partial charge in [-0.2, -0.15) is 0 Å². The first-order chi connectivity index (χ1) is 7.88. The molecular weight excluding hydrogens is 258 g/mol. The molecule has 0 fully saturated rings. The van der Waals surface area contributed by atoms with Crippen molar-refractivity contribution in [1.29, 1.82) is 0 Å². The van der Waals surface area contributed by atoms with Crippen LogP contribution in [0.3, 0.4) is 0 Å². The van der Waals surface area contributed by atoms with Crippen molar-refractivity contribution in [2.75, 3.05) is 18.6 Å². The minimum absolute atomic E-state index is 0.0862. The fraction of sp³-hybridized carbons (Fsp3) is 0.364. The Hall–Kier alpha value is -1.01. The third-order valence-electron chi connectivity index (χ3n) is 2.11. The van der Waals surface area contributed by atoms with E-state index in [0.29, 0.717) is 18.5 Å². The molecule has 6 heteroatoms. The Kier molecular flexibility index (Phi) is 5.02. The Bertz CT molecular complexity index is 480. The Morgan fingerprint density at radius 3 is 2.41 bits per heavy atom. The van der Waals surface area contributed by atoms with Gasteiger partial charge in [0, 0.05) is 23.3 Å². The minimum atomic E-state index is -2.95. The van der Waals surface area contributed by atoms with Crippen molar-refractivity contribution in [3.8, 4) is 0 Å². The predicted octanol–water partition coefficient (Wildman–Crippen LogP) is 1.14. The maximum Gasteiger partial charge on any atom is 0.251 e. The van der Waals surface area contributed by atoms with Crippen molar-refractivity contribution in [2.45, 2.75) is 11.3 Å². The van der Waals surface area contributed by atoms with Gasteiger partial charge in [0.2, 0.25) is 0 Å². The summed E-state index contributed by atoms with van der Waals surface area (Å²) in [6, 6.07) is 6.81. The van der Waals surface area contributed by atoms with E-state index in [4.69, 9.17) is 0 Å². The highest BCUT2D eigenvalue weighted by atomic mass is 32.2. The fourth-order valence-electron chi connectivity index (χ4n) is 1.25. The molecule has 0 aromatic heterocycles. The van der Waals surface area contributed by atoms with E-state index in [1.807, 2.05) is 0 Å². The van der Waals surface area contributed by atoms with Gasteiger partial charge in [0.15, 0.2) is 0 Å². The molecule has 0 spiro atoms. The maximum atomic E-state index is 11.6. The molecule has 1 aromatic carbocycles. The minimum Gasteiger partial charge on any atom is -0.352 e. The van der Waals surface area contributed by atoms with E-state index in [9.17, 15) is 13.2 Å². The summed E-state index contributed by atoms with van der Waals surface area (Å²) in [4.78, 5) is 12.4. The molecule has 94 valence electrons. The van der Waals surface area contributed by atoms with Gasteiger partial charge in [0.25, 0.3) is 5.91 Å². The lowest BCUT2D eigenvalue weighted by Gasteiger charge is -2.04. The highest BCUT2D eigenvalue weighted by Crippen LogP contribution is 2.07. The third kappa shape index (κ3) is 5.74. The van der Waals surface area contributed by atoms with E-state index in [2.05, 4.69) is 17.9 Å². The number of sulfone groups is 1. The summed E-state index contributed by atoms with van der Waals surface area (Å²) >= 11 is 4.12. The van der Waals surface area contributed by atoms with Crippen LogP contribution in [0, 0.1) is 0 Å². The van der Waals surface area contributed by atoms with Gasteiger partial charge in [-0.25, -0.2) is 8.42 Å². The van der Waals surface area contributed by atoms with Crippen LogP contribution in [0.5, 0.6) is 0 Å². The topological polar surface area (TPSA) is 63.2 Å². The highest BCUT2D eigenvalue weighted by molar-refractivity contribution is 7.90. The van der Waals surface area contributed by atoms with Crippen LogP contribution < -0.4 is 5.32 Å². The zero-order valence-corrected chi connectivity index (χ0v) is 11.2. The Morgan fingerprint density at radius 1 is 1.29 bits per heavy atom. The van der Waals surface area contributed by atoms with Crippen LogP contribution in [-0.4, -0.2) is 32.9 Å². The van der Waals surface area contributed by atoms with Gasteiger partial charge < -0.3 is 5.32 Å². The monoisotopic (exact) mass is 273 g/mol. The molecule has 0 saturated heterocycles. The first-order valence-electron chi connectivity index (χ1n) is 5.13. The van der Waals surface area contributed by atoms with E-state index in [1.165, 1.54) is 6.26 Å². The lowest BCUT2D eigenvalue weighted by Crippen LogP contribution is -2.25. The zero-order valence-electron chi connectivity index (χ0n) is 9.51. The first-order valence-corrected chi connectivity index (χ1v) is 7.64. The lowest BCUT2D eigenvalue weighted by atomic mass is 10.2. The van der Waals surface area contributed by atoms with E-state index in [0.717, 1.165) is 4.90 Å². The summed E-state index contributed by atoms with van der Waals surface area (Å²) in [5.41, 5.74) is 0.544. The summed E-state index contributed by atoms with van der Waals surface area (Å²) in [6.07, 6.45) is 1.61. The second-order valence-electron chi connectivity index (χ2n) is 3.79. The van der Waals surface area contributed by atoms with Gasteiger partial charge in [-0.05, 0) is 30.7 Å². The number of nitrogens with one attached hydrogen (secondary N) is 1. The fourth-order valence-corrected chi connectivity index (χ4v) is 2.07. The first kappa shape index (κ1) is 14.1. The molecule has 0 atom stereocenters. The number of hydrogen-bond donors (Lipinski definition) is 2. The lowest BCUT2D eigenvalue weighted by molar-refractivity contribution is 0.0953. The van der Waals surface area contributed by atoms with Crippen LogP contribution >= 0.6 is 12.6 Å². The summed E-state index contributed by atoms with van der Waals surface area (Å²) in [7, 11) is -2.95. The van der Waals surface area contributed by atoms with Crippen molar-refractivity contribution in [3.05, 3.63) is 29.8 Å². The smallest absolute Gasteiger partial charge is 0.251 e. The molecule has 1 N–H and O–H groups in total. The maximum absolute atomic E-state index is 11.6. The molecule has 0 aliphatic rings. The highest BCUT2D eigenvalue weighted by Gasteiger charge is 2.05. The van der Waals surface area contributed by atoms with E-state index >= 15 is 0 Å². The molecule has 0 saturated carbocycles. The van der Waals surface area contributed by atoms with Crippen LogP contribution in [0.4, 0.5) is 0 Å². The average molecular weight is 273 g/mol. The van der Waals surface area contributed by atoms with E-state index < -0.39 is 9.84 Å². The molecule has 1 rings (SSSR count). The summed E-state index contributed by atoms with van der Waals surface area (Å²) < 4.78 is 21.7. The molecule has 0 radical (unpaired) electrons. The largest absolute Gasteiger partial charge is 0.352 e. The number of rotatable bonds is 5. The van der Waals surface area contributed by atoms with Crippen molar-refractivity contribution in [2.24, 2.45) is 0 Å². The van der Waals surface area contributed by atoms with E-state index in [1.54, 1.807) is 24.3 Å². The molecule has 0 unspecified atom stereocenters. The molecular formula is C11H15NO3S2. The predicted molar refractivity (Wildman–Crippen MR) is 70.4 cm³/mol. The number of thiol groups is 1. The Morgan fingerprint density at radius 2 is 1.88 bits per heavy atom. The number of carbonyl (C=O) groups is 1. The van der Waals surface area contributed by atoms with Gasteiger partial charge in [-0.15, -0.1) is 12.6 Å². The molecule has 17 heavy (non-hydrogen) atoms.